The summed E-state index contributed by atoms with van der Waals surface area (Å²) in [4.78, 5) is 13.0. The zero-order valence-corrected chi connectivity index (χ0v) is 17.3. The van der Waals surface area contributed by atoms with Gasteiger partial charge in [0.15, 0.2) is 0 Å². The summed E-state index contributed by atoms with van der Waals surface area (Å²) in [6.45, 7) is 5.79. The van der Waals surface area contributed by atoms with Crippen LogP contribution in [0.15, 0.2) is 22.6 Å². The fraction of sp³-hybridized carbons (Fsp3) is 0.500. The van der Waals surface area contributed by atoms with Crippen molar-refractivity contribution in [2.24, 2.45) is 0 Å². The molecule has 0 unspecified atom stereocenters. The van der Waals surface area contributed by atoms with Crippen LogP contribution < -0.4 is 0 Å². The van der Waals surface area contributed by atoms with Gasteiger partial charge in [0.2, 0.25) is 11.8 Å². The molecule has 0 saturated carbocycles. The zero-order valence-electron chi connectivity index (χ0n) is 15.7. The van der Waals surface area contributed by atoms with E-state index in [1.807, 2.05) is 20.8 Å². The van der Waals surface area contributed by atoms with Crippen LogP contribution >= 0.6 is 24.0 Å². The molecule has 2 heterocycles. The molecule has 1 aromatic carbocycles. The number of hydrogen-bond donors (Lipinski definition) is 1. The predicted octanol–water partition coefficient (Wildman–Crippen LogP) is 4.95. The second-order valence-electron chi connectivity index (χ2n) is 7.45. The average Bonchev–Trinajstić information content (AvgIpc) is 3.06. The summed E-state index contributed by atoms with van der Waals surface area (Å²) in [6, 6.07) is 4.00. The second kappa shape index (κ2) is 8.63. The Kier molecular flexibility index (Phi) is 6.90. The van der Waals surface area contributed by atoms with Crippen LogP contribution in [0.1, 0.15) is 45.6 Å². The van der Waals surface area contributed by atoms with E-state index in [1.165, 1.54) is 17.0 Å². The van der Waals surface area contributed by atoms with Gasteiger partial charge in [-0.2, -0.15) is 0 Å². The molecule has 154 valence electrons. The standard InChI is InChI=1S/C18H21ClFN3O4.ClH/c1-18(2,3)23(17(24)25)11-5-7-14(26-9-11)16-22-21-15(27-16)10-4-6-12(19)13(20)8-10;/h4,6,8,11,14H,5,7,9H2,1-3H3,(H,24,25);1H/t11-,14+;/m1./s1. The Morgan fingerprint density at radius 1 is 1.32 bits per heavy atom. The Morgan fingerprint density at radius 3 is 2.57 bits per heavy atom. The fourth-order valence-corrected chi connectivity index (χ4v) is 3.35. The van der Waals surface area contributed by atoms with Gasteiger partial charge in [0.05, 0.1) is 17.7 Å². The third-order valence-corrected chi connectivity index (χ3v) is 4.73. The van der Waals surface area contributed by atoms with Crippen LogP contribution in [0, 0.1) is 5.82 Å². The van der Waals surface area contributed by atoms with Gasteiger partial charge in [0, 0.05) is 11.1 Å². The van der Waals surface area contributed by atoms with Gasteiger partial charge in [-0.3, -0.25) is 4.90 Å². The molecule has 1 amide bonds. The minimum Gasteiger partial charge on any atom is -0.465 e. The third-order valence-electron chi connectivity index (χ3n) is 4.43. The van der Waals surface area contributed by atoms with E-state index in [9.17, 15) is 14.3 Å². The van der Waals surface area contributed by atoms with Gasteiger partial charge >= 0.3 is 6.09 Å². The summed E-state index contributed by atoms with van der Waals surface area (Å²) >= 11 is 5.68. The lowest BCUT2D eigenvalue weighted by Crippen LogP contribution is -2.54. The molecule has 28 heavy (non-hydrogen) atoms. The van der Waals surface area contributed by atoms with Crippen LogP contribution in [-0.2, 0) is 4.74 Å². The number of hydrogen-bond acceptors (Lipinski definition) is 5. The summed E-state index contributed by atoms with van der Waals surface area (Å²) in [5.74, 6) is -0.105. The molecular weight excluding hydrogens is 412 g/mol. The maximum absolute atomic E-state index is 13.6. The normalized spacial score (nSPS) is 19.8. The SMILES string of the molecule is CC(C)(C)N(C(=O)O)[C@@H]1CC[C@@H](c2nnc(-c3ccc(Cl)c(F)c3)o2)OC1.Cl. The fourth-order valence-electron chi connectivity index (χ4n) is 3.24. The molecule has 3 rings (SSSR count). The number of carbonyl (C=O) groups is 1. The molecule has 1 saturated heterocycles. The first-order chi connectivity index (χ1) is 12.7. The van der Waals surface area contributed by atoms with Crippen LogP contribution in [0.5, 0.6) is 0 Å². The molecule has 0 aliphatic carbocycles. The Morgan fingerprint density at radius 2 is 2.04 bits per heavy atom. The van der Waals surface area contributed by atoms with Crippen LogP contribution in [0.4, 0.5) is 9.18 Å². The first-order valence-electron chi connectivity index (χ1n) is 8.59. The van der Waals surface area contributed by atoms with Gasteiger partial charge in [-0.1, -0.05) is 11.6 Å². The lowest BCUT2D eigenvalue weighted by atomic mass is 9.98. The largest absolute Gasteiger partial charge is 0.465 e. The van der Waals surface area contributed by atoms with Gasteiger partial charge in [-0.25, -0.2) is 9.18 Å². The number of nitrogens with zero attached hydrogens (tertiary/aromatic N) is 3. The maximum Gasteiger partial charge on any atom is 0.408 e. The molecule has 7 nitrogen and oxygen atoms in total. The van der Waals surface area contributed by atoms with Crippen LogP contribution in [0.2, 0.25) is 5.02 Å². The van der Waals surface area contributed by atoms with Crippen LogP contribution in [0.25, 0.3) is 11.5 Å². The molecule has 1 aliphatic heterocycles. The number of ether oxygens (including phenoxy) is 1. The molecule has 1 aromatic heterocycles. The number of aromatic nitrogens is 2. The molecule has 1 fully saturated rings. The molecule has 0 bridgehead atoms. The molecule has 2 atom stereocenters. The minimum atomic E-state index is -0.973. The van der Waals surface area contributed by atoms with Gasteiger partial charge < -0.3 is 14.3 Å². The van der Waals surface area contributed by atoms with E-state index >= 15 is 0 Å². The Bertz CT molecular complexity index is 832. The lowest BCUT2D eigenvalue weighted by Gasteiger charge is -2.42. The monoisotopic (exact) mass is 433 g/mol. The number of carboxylic acid groups (broad SMARTS) is 1. The first kappa shape index (κ1) is 22.4. The molecule has 1 aliphatic rings. The van der Waals surface area contributed by atoms with Crippen molar-refractivity contribution in [1.29, 1.82) is 0 Å². The molecular formula is C18H22Cl2FN3O4. The molecule has 10 heteroatoms. The summed E-state index contributed by atoms with van der Waals surface area (Å²) in [5.41, 5.74) is -0.0997. The van der Waals surface area contributed by atoms with Gasteiger partial charge in [-0.05, 0) is 51.8 Å². The molecule has 0 spiro atoms. The zero-order chi connectivity index (χ0) is 19.8. The number of halogens is 3. The third kappa shape index (κ3) is 4.74. The van der Waals surface area contributed by atoms with E-state index in [1.54, 1.807) is 6.07 Å². The van der Waals surface area contributed by atoms with Crippen molar-refractivity contribution < 1.29 is 23.4 Å². The quantitative estimate of drug-likeness (QED) is 0.736. The van der Waals surface area contributed by atoms with E-state index < -0.39 is 23.6 Å². The van der Waals surface area contributed by atoms with Crippen molar-refractivity contribution in [2.45, 2.75) is 51.3 Å². The van der Waals surface area contributed by atoms with E-state index in [4.69, 9.17) is 20.8 Å². The summed E-state index contributed by atoms with van der Waals surface area (Å²) in [5, 5.41) is 17.5. The highest BCUT2D eigenvalue weighted by atomic mass is 35.5. The summed E-state index contributed by atoms with van der Waals surface area (Å²) in [7, 11) is 0. The van der Waals surface area contributed by atoms with Crippen molar-refractivity contribution in [3.05, 3.63) is 34.9 Å². The van der Waals surface area contributed by atoms with Crippen molar-refractivity contribution in [1.82, 2.24) is 15.1 Å². The summed E-state index contributed by atoms with van der Waals surface area (Å²) in [6.07, 6.45) is -0.238. The van der Waals surface area contributed by atoms with Crippen molar-refractivity contribution >= 4 is 30.1 Å². The summed E-state index contributed by atoms with van der Waals surface area (Å²) < 4.78 is 25.0. The predicted molar refractivity (Wildman–Crippen MR) is 103 cm³/mol. The number of rotatable bonds is 3. The highest BCUT2D eigenvalue weighted by Gasteiger charge is 2.37. The molecule has 2 aromatic rings. The smallest absolute Gasteiger partial charge is 0.408 e. The van der Waals surface area contributed by atoms with E-state index in [0.717, 1.165) is 0 Å². The van der Waals surface area contributed by atoms with Gasteiger partial charge in [0.25, 0.3) is 0 Å². The average molecular weight is 434 g/mol. The highest BCUT2D eigenvalue weighted by molar-refractivity contribution is 6.30. The highest BCUT2D eigenvalue weighted by Crippen LogP contribution is 2.33. The Labute approximate surface area is 173 Å². The van der Waals surface area contributed by atoms with E-state index in [0.29, 0.717) is 18.4 Å². The maximum atomic E-state index is 13.6. The van der Waals surface area contributed by atoms with Crippen LogP contribution in [-0.4, -0.2) is 44.5 Å². The Hall–Kier alpha value is -1.90. The molecule has 1 N–H and O–H groups in total. The van der Waals surface area contributed by atoms with Crippen molar-refractivity contribution in [2.75, 3.05) is 6.61 Å². The van der Waals surface area contributed by atoms with Crippen molar-refractivity contribution in [3.8, 4) is 11.5 Å². The van der Waals surface area contributed by atoms with Gasteiger partial charge in [-0.15, -0.1) is 22.6 Å². The van der Waals surface area contributed by atoms with E-state index in [2.05, 4.69) is 10.2 Å². The van der Waals surface area contributed by atoms with Crippen molar-refractivity contribution in [3.63, 3.8) is 0 Å². The van der Waals surface area contributed by atoms with Crippen LogP contribution in [0.3, 0.4) is 0 Å². The van der Waals surface area contributed by atoms with Gasteiger partial charge in [0.1, 0.15) is 11.9 Å². The topological polar surface area (TPSA) is 88.7 Å². The number of benzene rings is 1. The van der Waals surface area contributed by atoms with E-state index in [-0.39, 0.29) is 41.9 Å². The second-order valence-corrected chi connectivity index (χ2v) is 7.86. The lowest BCUT2D eigenvalue weighted by molar-refractivity contribution is -0.0604. The molecule has 0 radical (unpaired) electrons. The minimum absolute atomic E-state index is 0. The Balaban J connectivity index is 0.00000280. The number of amides is 1. The first-order valence-corrected chi connectivity index (χ1v) is 8.97.